The summed E-state index contributed by atoms with van der Waals surface area (Å²) >= 11 is 0. The molecule has 11 heteroatoms. The number of hydrogen-bond donors (Lipinski definition) is 2. The number of amides is 1. The van der Waals surface area contributed by atoms with Crippen molar-refractivity contribution in [3.05, 3.63) is 35.9 Å². The Morgan fingerprint density at radius 1 is 1.10 bits per heavy atom. The van der Waals surface area contributed by atoms with E-state index in [9.17, 15) is 19.2 Å². The molecule has 1 amide bonds. The van der Waals surface area contributed by atoms with Crippen LogP contribution in [0.5, 0.6) is 0 Å². The predicted molar refractivity (Wildman–Crippen MR) is 108 cm³/mol. The first-order valence-electron chi connectivity index (χ1n) is 9.57. The molecule has 1 aromatic carbocycles. The number of hydrogen-bond acceptors (Lipinski definition) is 9. The molecule has 31 heavy (non-hydrogen) atoms. The molecular formula is C20H24N4O7. The maximum absolute atomic E-state index is 12.7. The fraction of sp³-hybridized carbons (Fsp3) is 0.400. The van der Waals surface area contributed by atoms with Gasteiger partial charge in [-0.3, -0.25) is 19.9 Å². The molecule has 0 radical (unpaired) electrons. The van der Waals surface area contributed by atoms with E-state index in [0.717, 1.165) is 5.56 Å². The van der Waals surface area contributed by atoms with Gasteiger partial charge in [-0.05, 0) is 19.4 Å². The van der Waals surface area contributed by atoms with Crippen LogP contribution in [0.25, 0.3) is 0 Å². The standard InChI is InChI=1S/C20H24N4O7/c1-4-29-18(27)15(19(28)30-5-2)22-17(26)14-16(21)24(20(23-14)31-12(3)25)11-13-9-7-6-8-10-13/h6-10,15,20-21H,4-5,11H2,1-3H3,(H,22,26). The number of amidine groups is 1. The minimum Gasteiger partial charge on any atom is -0.464 e. The molecule has 166 valence electrons. The van der Waals surface area contributed by atoms with Crippen molar-refractivity contribution < 1.29 is 33.4 Å². The van der Waals surface area contributed by atoms with Crippen LogP contribution in [0.1, 0.15) is 26.3 Å². The molecule has 2 N–H and O–H groups in total. The van der Waals surface area contributed by atoms with Gasteiger partial charge in [-0.25, -0.2) is 14.6 Å². The highest BCUT2D eigenvalue weighted by molar-refractivity contribution is 6.66. The highest BCUT2D eigenvalue weighted by Gasteiger charge is 2.39. The molecule has 0 aromatic heterocycles. The summed E-state index contributed by atoms with van der Waals surface area (Å²) < 4.78 is 14.7. The number of nitrogens with zero attached hydrogens (tertiary/aromatic N) is 2. The maximum atomic E-state index is 12.7. The van der Waals surface area contributed by atoms with Crippen LogP contribution in [0.15, 0.2) is 35.3 Å². The van der Waals surface area contributed by atoms with Crippen molar-refractivity contribution in [2.45, 2.75) is 39.7 Å². The van der Waals surface area contributed by atoms with Crippen LogP contribution in [0.4, 0.5) is 0 Å². The van der Waals surface area contributed by atoms with Crippen molar-refractivity contribution in [2.24, 2.45) is 4.99 Å². The van der Waals surface area contributed by atoms with Gasteiger partial charge in [0.1, 0.15) is 0 Å². The molecule has 0 saturated carbocycles. The molecule has 1 heterocycles. The van der Waals surface area contributed by atoms with Gasteiger partial charge >= 0.3 is 17.9 Å². The van der Waals surface area contributed by atoms with E-state index in [1.807, 2.05) is 6.07 Å². The zero-order valence-electron chi connectivity index (χ0n) is 17.4. The monoisotopic (exact) mass is 432 g/mol. The van der Waals surface area contributed by atoms with E-state index < -0.39 is 41.9 Å². The molecule has 2 rings (SSSR count). The van der Waals surface area contributed by atoms with Gasteiger partial charge in [0.05, 0.1) is 13.2 Å². The van der Waals surface area contributed by atoms with Crippen LogP contribution in [-0.2, 0) is 39.9 Å². The van der Waals surface area contributed by atoms with Crippen LogP contribution in [0, 0.1) is 5.41 Å². The number of aliphatic imine (C=N–C) groups is 1. The van der Waals surface area contributed by atoms with Gasteiger partial charge in [0.2, 0.25) is 6.04 Å². The topological polar surface area (TPSA) is 147 Å². The minimum atomic E-state index is -1.72. The molecule has 0 saturated heterocycles. The van der Waals surface area contributed by atoms with E-state index in [1.165, 1.54) is 11.8 Å². The molecule has 0 fully saturated rings. The summed E-state index contributed by atoms with van der Waals surface area (Å²) in [7, 11) is 0. The van der Waals surface area contributed by atoms with E-state index in [1.54, 1.807) is 38.1 Å². The van der Waals surface area contributed by atoms with E-state index in [2.05, 4.69) is 10.3 Å². The van der Waals surface area contributed by atoms with Crippen molar-refractivity contribution in [1.29, 1.82) is 5.41 Å². The average Bonchev–Trinajstić information content (AvgIpc) is 3.02. The zero-order chi connectivity index (χ0) is 23.0. The molecule has 0 bridgehead atoms. The third-order valence-electron chi connectivity index (χ3n) is 4.02. The number of carbonyl (C=O) groups excluding carboxylic acids is 4. The lowest BCUT2D eigenvalue weighted by atomic mass is 10.2. The van der Waals surface area contributed by atoms with Crippen molar-refractivity contribution in [3.8, 4) is 0 Å². The van der Waals surface area contributed by atoms with E-state index in [4.69, 9.17) is 19.6 Å². The first-order chi connectivity index (χ1) is 14.8. The van der Waals surface area contributed by atoms with Gasteiger partial charge in [0.15, 0.2) is 11.5 Å². The van der Waals surface area contributed by atoms with E-state index >= 15 is 0 Å². The third-order valence-corrected chi connectivity index (χ3v) is 4.02. The number of carbonyl (C=O) groups is 4. The Morgan fingerprint density at radius 3 is 2.19 bits per heavy atom. The van der Waals surface area contributed by atoms with Crippen LogP contribution in [-0.4, -0.2) is 65.9 Å². The maximum Gasteiger partial charge on any atom is 0.340 e. The predicted octanol–water partition coefficient (Wildman–Crippen LogP) is 0.378. The number of benzene rings is 1. The lowest BCUT2D eigenvalue weighted by molar-refractivity contribution is -0.159. The first kappa shape index (κ1) is 23.5. The van der Waals surface area contributed by atoms with Crippen LogP contribution >= 0.6 is 0 Å². The average molecular weight is 432 g/mol. The summed E-state index contributed by atoms with van der Waals surface area (Å²) in [6, 6.07) is 7.30. The van der Waals surface area contributed by atoms with Crippen molar-refractivity contribution in [2.75, 3.05) is 13.2 Å². The molecular weight excluding hydrogens is 408 g/mol. The molecule has 0 aliphatic carbocycles. The second-order valence-electron chi connectivity index (χ2n) is 6.29. The van der Waals surface area contributed by atoms with Crippen LogP contribution in [0.3, 0.4) is 0 Å². The molecule has 1 aliphatic heterocycles. The van der Waals surface area contributed by atoms with E-state index in [0.29, 0.717) is 0 Å². The second-order valence-corrected chi connectivity index (χ2v) is 6.29. The Morgan fingerprint density at radius 2 is 1.68 bits per heavy atom. The van der Waals surface area contributed by atoms with Crippen LogP contribution in [0.2, 0.25) is 0 Å². The molecule has 1 atom stereocenters. The van der Waals surface area contributed by atoms with Gasteiger partial charge < -0.3 is 19.5 Å². The van der Waals surface area contributed by atoms with Crippen LogP contribution < -0.4 is 5.32 Å². The van der Waals surface area contributed by atoms with E-state index in [-0.39, 0.29) is 25.6 Å². The zero-order valence-corrected chi connectivity index (χ0v) is 17.4. The first-order valence-corrected chi connectivity index (χ1v) is 9.57. The van der Waals surface area contributed by atoms with Gasteiger partial charge in [-0.15, -0.1) is 0 Å². The van der Waals surface area contributed by atoms with Crippen molar-refractivity contribution in [1.82, 2.24) is 10.2 Å². The van der Waals surface area contributed by atoms with Crippen molar-refractivity contribution in [3.63, 3.8) is 0 Å². The minimum absolute atomic E-state index is 0.0131. The second kappa shape index (κ2) is 10.9. The molecule has 1 unspecified atom stereocenters. The summed E-state index contributed by atoms with van der Waals surface area (Å²) in [5.41, 5.74) is 0.387. The number of rotatable bonds is 9. The Hall–Kier alpha value is -3.76. The van der Waals surface area contributed by atoms with Gasteiger partial charge in [0.25, 0.3) is 12.3 Å². The lowest BCUT2D eigenvalue weighted by Crippen LogP contribution is -2.51. The summed E-state index contributed by atoms with van der Waals surface area (Å²) in [5.74, 6) is -3.98. The summed E-state index contributed by atoms with van der Waals surface area (Å²) in [6.07, 6.45) is -1.24. The summed E-state index contributed by atoms with van der Waals surface area (Å²) in [6.45, 7) is 4.38. The molecule has 11 nitrogen and oxygen atoms in total. The number of nitrogens with one attached hydrogen (secondary N) is 2. The quantitative estimate of drug-likeness (QED) is 0.323. The highest BCUT2D eigenvalue weighted by atomic mass is 16.6. The van der Waals surface area contributed by atoms with Gasteiger partial charge in [-0.1, -0.05) is 30.3 Å². The van der Waals surface area contributed by atoms with Crippen molar-refractivity contribution >= 4 is 35.4 Å². The largest absolute Gasteiger partial charge is 0.464 e. The Kier molecular flexibility index (Phi) is 8.24. The van der Waals surface area contributed by atoms with Gasteiger partial charge in [-0.2, -0.15) is 0 Å². The Balaban J connectivity index is 2.24. The lowest BCUT2D eigenvalue weighted by Gasteiger charge is -2.24. The van der Waals surface area contributed by atoms with Gasteiger partial charge in [0, 0.05) is 13.5 Å². The highest BCUT2D eigenvalue weighted by Crippen LogP contribution is 2.18. The number of ether oxygens (including phenoxy) is 3. The SMILES string of the molecule is CCOC(=O)C(NC(=O)C1=NC(OC(C)=O)N(Cc2ccccc2)C1=N)C(=O)OCC. The molecule has 1 aliphatic rings. The third kappa shape index (κ3) is 6.11. The smallest absolute Gasteiger partial charge is 0.340 e. The Bertz CT molecular complexity index is 867. The fourth-order valence-electron chi connectivity index (χ4n) is 2.69. The molecule has 0 spiro atoms. The summed E-state index contributed by atoms with van der Waals surface area (Å²) in [4.78, 5) is 53.7. The number of esters is 3. The molecule has 1 aromatic rings. The Labute approximate surface area is 178 Å². The summed E-state index contributed by atoms with van der Waals surface area (Å²) in [5, 5.41) is 10.5. The normalized spacial score (nSPS) is 15.4. The fourth-order valence-corrected chi connectivity index (χ4v) is 2.69.